The van der Waals surface area contributed by atoms with E-state index in [1.807, 2.05) is 17.5 Å². The topological polar surface area (TPSA) is 97.0 Å². The van der Waals surface area contributed by atoms with Crippen LogP contribution in [0.3, 0.4) is 0 Å². The number of likely N-dealkylation sites (N-methyl/N-ethyl adjacent to an activating group) is 1. The molecule has 3 heterocycles. The van der Waals surface area contributed by atoms with Gasteiger partial charge in [0.25, 0.3) is 5.91 Å². The summed E-state index contributed by atoms with van der Waals surface area (Å²) in [5, 5.41) is 7.82. The Morgan fingerprint density at radius 2 is 2.00 bits per heavy atom. The predicted octanol–water partition coefficient (Wildman–Crippen LogP) is 3.23. The van der Waals surface area contributed by atoms with E-state index in [2.05, 4.69) is 10.6 Å². The maximum Gasteiger partial charge on any atom is 0.257 e. The molecule has 0 unspecified atom stereocenters. The molecule has 3 atom stereocenters. The van der Waals surface area contributed by atoms with Crippen molar-refractivity contribution in [1.29, 1.82) is 0 Å². The van der Waals surface area contributed by atoms with Gasteiger partial charge in [-0.3, -0.25) is 14.4 Å². The lowest BCUT2D eigenvalue weighted by Crippen LogP contribution is -2.54. The van der Waals surface area contributed by atoms with Crippen LogP contribution >= 0.6 is 11.3 Å². The molecular weight excluding hydrogens is 466 g/mol. The van der Waals surface area contributed by atoms with E-state index in [4.69, 9.17) is 9.47 Å². The van der Waals surface area contributed by atoms with E-state index in [9.17, 15) is 14.4 Å². The number of hydrogen-bond acceptors (Lipinski definition) is 6. The van der Waals surface area contributed by atoms with Gasteiger partial charge >= 0.3 is 0 Å². The quantitative estimate of drug-likeness (QED) is 0.612. The largest absolute Gasteiger partial charge is 0.490 e. The van der Waals surface area contributed by atoms with Crippen LogP contribution in [0, 0.1) is 5.92 Å². The van der Waals surface area contributed by atoms with Crippen molar-refractivity contribution in [2.24, 2.45) is 5.92 Å². The van der Waals surface area contributed by atoms with E-state index in [-0.39, 0.29) is 36.0 Å². The Bertz CT molecular complexity index is 1080. The van der Waals surface area contributed by atoms with Crippen LogP contribution in [-0.2, 0) is 20.7 Å². The van der Waals surface area contributed by atoms with Gasteiger partial charge in [0.1, 0.15) is 18.5 Å². The lowest BCUT2D eigenvalue weighted by atomic mass is 9.94. The molecule has 2 N–H and O–H groups in total. The molecule has 2 fully saturated rings. The minimum atomic E-state index is -0.308. The number of benzene rings is 1. The highest BCUT2D eigenvalue weighted by Gasteiger charge is 2.39. The monoisotopic (exact) mass is 497 g/mol. The molecule has 1 saturated heterocycles. The number of ether oxygens (including phenoxy) is 2. The Morgan fingerprint density at radius 3 is 2.77 bits per heavy atom. The highest BCUT2D eigenvalue weighted by Crippen LogP contribution is 2.33. The van der Waals surface area contributed by atoms with Crippen molar-refractivity contribution < 1.29 is 23.9 Å². The van der Waals surface area contributed by atoms with Crippen LogP contribution < -0.4 is 15.4 Å². The third-order valence-corrected chi connectivity index (χ3v) is 7.78. The molecular formula is C26H31N3O5S. The first-order valence-electron chi connectivity index (χ1n) is 12.2. The SMILES string of the molecule is CN1C(=O)c2cc(NC(=O)Cc3cccs3)ccc2OC[C@@H]2O[C@@H](CC(=O)NCC3CC3)CC[C@H]21. The first-order chi connectivity index (χ1) is 17.0. The third-order valence-electron chi connectivity index (χ3n) is 6.91. The van der Waals surface area contributed by atoms with Crippen LogP contribution in [0.4, 0.5) is 5.69 Å². The Morgan fingerprint density at radius 1 is 1.14 bits per heavy atom. The fourth-order valence-electron chi connectivity index (χ4n) is 4.74. The van der Waals surface area contributed by atoms with E-state index < -0.39 is 0 Å². The Kier molecular flexibility index (Phi) is 7.06. The summed E-state index contributed by atoms with van der Waals surface area (Å²) >= 11 is 1.53. The second kappa shape index (κ2) is 10.4. The number of rotatable bonds is 7. The molecule has 0 spiro atoms. The minimum absolute atomic E-state index is 0.0237. The lowest BCUT2D eigenvalue weighted by Gasteiger charge is -2.42. The Hall–Kier alpha value is -2.91. The Balaban J connectivity index is 1.23. The molecule has 0 radical (unpaired) electrons. The van der Waals surface area contributed by atoms with Crippen molar-refractivity contribution in [3.05, 3.63) is 46.2 Å². The average molecular weight is 498 g/mol. The van der Waals surface area contributed by atoms with Crippen molar-refractivity contribution in [2.75, 3.05) is 25.5 Å². The van der Waals surface area contributed by atoms with E-state index >= 15 is 0 Å². The molecule has 1 saturated carbocycles. The molecule has 3 amide bonds. The van der Waals surface area contributed by atoms with Gasteiger partial charge in [-0.15, -0.1) is 11.3 Å². The van der Waals surface area contributed by atoms with Crippen LogP contribution in [-0.4, -0.2) is 61.1 Å². The molecule has 0 bridgehead atoms. The van der Waals surface area contributed by atoms with Crippen LogP contribution in [0.5, 0.6) is 5.75 Å². The third kappa shape index (κ3) is 5.85. The molecule has 5 rings (SSSR count). The van der Waals surface area contributed by atoms with Gasteiger partial charge in [-0.2, -0.15) is 0 Å². The first-order valence-corrected chi connectivity index (χ1v) is 13.1. The Labute approximate surface area is 209 Å². The fraction of sp³-hybridized carbons (Fsp3) is 0.500. The molecule has 1 aromatic heterocycles. The molecule has 1 aliphatic carbocycles. The second-order valence-corrected chi connectivity index (χ2v) is 10.7. The number of hydrogen-bond donors (Lipinski definition) is 2. The zero-order valence-electron chi connectivity index (χ0n) is 19.8. The van der Waals surface area contributed by atoms with Gasteiger partial charge < -0.3 is 25.0 Å². The molecule has 2 aromatic rings. The number of fused-ring (bicyclic) bond motifs is 2. The maximum absolute atomic E-state index is 13.4. The molecule has 2 aliphatic heterocycles. The first kappa shape index (κ1) is 23.8. The molecule has 1 aromatic carbocycles. The van der Waals surface area contributed by atoms with Crippen molar-refractivity contribution in [1.82, 2.24) is 10.2 Å². The fourth-order valence-corrected chi connectivity index (χ4v) is 5.44. The van der Waals surface area contributed by atoms with Gasteiger partial charge in [0, 0.05) is 24.2 Å². The summed E-state index contributed by atoms with van der Waals surface area (Å²) in [5.41, 5.74) is 0.978. The number of amides is 3. The molecule has 186 valence electrons. The number of carbonyl (C=O) groups is 3. The molecule has 9 heteroatoms. The highest BCUT2D eigenvalue weighted by atomic mass is 32.1. The predicted molar refractivity (Wildman–Crippen MR) is 133 cm³/mol. The van der Waals surface area contributed by atoms with Crippen molar-refractivity contribution in [3.63, 3.8) is 0 Å². The normalized spacial score (nSPS) is 23.9. The average Bonchev–Trinajstić information content (AvgIpc) is 3.54. The van der Waals surface area contributed by atoms with Crippen LogP contribution in [0.2, 0.25) is 0 Å². The summed E-state index contributed by atoms with van der Waals surface area (Å²) in [6.07, 6.45) is 3.99. The maximum atomic E-state index is 13.4. The summed E-state index contributed by atoms with van der Waals surface area (Å²) in [7, 11) is 1.78. The highest BCUT2D eigenvalue weighted by molar-refractivity contribution is 7.10. The summed E-state index contributed by atoms with van der Waals surface area (Å²) < 4.78 is 12.3. The zero-order chi connectivity index (χ0) is 24.4. The molecule has 3 aliphatic rings. The number of nitrogens with zero attached hydrogens (tertiary/aromatic N) is 1. The van der Waals surface area contributed by atoms with Crippen molar-refractivity contribution in [3.8, 4) is 5.75 Å². The van der Waals surface area contributed by atoms with E-state index in [0.717, 1.165) is 17.8 Å². The van der Waals surface area contributed by atoms with Gasteiger partial charge in [0.2, 0.25) is 11.8 Å². The molecule has 35 heavy (non-hydrogen) atoms. The van der Waals surface area contributed by atoms with Gasteiger partial charge in [0.15, 0.2) is 0 Å². The van der Waals surface area contributed by atoms with Crippen LogP contribution in [0.1, 0.15) is 47.3 Å². The summed E-state index contributed by atoms with van der Waals surface area (Å²) in [5.74, 6) is 0.824. The zero-order valence-corrected chi connectivity index (χ0v) is 20.6. The van der Waals surface area contributed by atoms with E-state index in [1.54, 1.807) is 30.1 Å². The van der Waals surface area contributed by atoms with Gasteiger partial charge in [-0.1, -0.05) is 6.07 Å². The van der Waals surface area contributed by atoms with Crippen molar-refractivity contribution in [2.45, 2.75) is 56.8 Å². The number of nitrogens with one attached hydrogen (secondary N) is 2. The number of anilines is 1. The second-order valence-electron chi connectivity index (χ2n) is 9.64. The van der Waals surface area contributed by atoms with Gasteiger partial charge in [-0.25, -0.2) is 0 Å². The summed E-state index contributed by atoms with van der Waals surface area (Å²) in [4.78, 5) is 40.8. The van der Waals surface area contributed by atoms with Crippen LogP contribution in [0.15, 0.2) is 35.7 Å². The van der Waals surface area contributed by atoms with Gasteiger partial charge in [-0.05, 0) is 61.2 Å². The van der Waals surface area contributed by atoms with E-state index in [0.29, 0.717) is 48.8 Å². The van der Waals surface area contributed by atoms with E-state index in [1.165, 1.54) is 24.2 Å². The summed E-state index contributed by atoms with van der Waals surface area (Å²) in [6.45, 7) is 1.05. The number of thiophene rings is 1. The lowest BCUT2D eigenvalue weighted by molar-refractivity contribution is -0.134. The minimum Gasteiger partial charge on any atom is -0.490 e. The number of carbonyl (C=O) groups excluding carboxylic acids is 3. The standard InChI is InChI=1S/C26H31N3O5S/c1-29-21-8-7-18(12-24(30)27-14-16-4-5-16)34-23(21)15-33-22-9-6-17(11-20(22)26(29)32)28-25(31)13-19-3-2-10-35-19/h2-3,6,9-11,16,18,21,23H,4-5,7-8,12-15H2,1H3,(H,27,30)(H,28,31)/t18-,21-,23+/m1/s1. The van der Waals surface area contributed by atoms with Crippen molar-refractivity contribution >= 4 is 34.7 Å². The smallest absolute Gasteiger partial charge is 0.257 e. The van der Waals surface area contributed by atoms with Gasteiger partial charge in [0.05, 0.1) is 30.6 Å². The van der Waals surface area contributed by atoms with Crippen LogP contribution in [0.25, 0.3) is 0 Å². The summed E-state index contributed by atoms with van der Waals surface area (Å²) in [6, 6.07) is 8.83. The molecule has 8 nitrogen and oxygen atoms in total.